The van der Waals surface area contributed by atoms with Crippen molar-refractivity contribution in [3.63, 3.8) is 0 Å². The summed E-state index contributed by atoms with van der Waals surface area (Å²) in [4.78, 5) is 13.2. The molecule has 34 heavy (non-hydrogen) atoms. The highest BCUT2D eigenvalue weighted by Crippen LogP contribution is 2.49. The Hall–Kier alpha value is -2.01. The number of nitriles is 2. The molecule has 0 bridgehead atoms. The third-order valence-corrected chi connectivity index (χ3v) is 7.22. The molecular formula is C25H34N2O5S2. The zero-order valence-electron chi connectivity index (χ0n) is 20.6. The van der Waals surface area contributed by atoms with Crippen LogP contribution in [-0.4, -0.2) is 61.7 Å². The summed E-state index contributed by atoms with van der Waals surface area (Å²) in [5.74, 6) is -0.549. The Balaban J connectivity index is 2.81. The maximum atomic E-state index is 13.2. The van der Waals surface area contributed by atoms with Crippen LogP contribution in [0, 0.1) is 33.5 Å². The van der Waals surface area contributed by atoms with Gasteiger partial charge in [0.15, 0.2) is 0 Å². The normalized spacial score (nSPS) is 14.8. The minimum Gasteiger partial charge on any atom is -0.463 e. The first-order chi connectivity index (χ1) is 16.0. The van der Waals surface area contributed by atoms with Gasteiger partial charge in [0.1, 0.15) is 11.4 Å². The number of thiocarbonyl (C=S) groups is 1. The van der Waals surface area contributed by atoms with Crippen molar-refractivity contribution < 1.29 is 23.7 Å². The highest BCUT2D eigenvalue weighted by molar-refractivity contribution is 8.24. The Morgan fingerprint density at radius 2 is 1.50 bits per heavy atom. The van der Waals surface area contributed by atoms with Crippen LogP contribution in [0.4, 0.5) is 0 Å². The van der Waals surface area contributed by atoms with E-state index in [9.17, 15) is 15.3 Å². The number of rotatable bonds is 15. The Labute approximate surface area is 212 Å². The molecule has 1 aromatic rings. The fourth-order valence-corrected chi connectivity index (χ4v) is 4.86. The third-order valence-electron chi connectivity index (χ3n) is 5.63. The van der Waals surface area contributed by atoms with Crippen molar-refractivity contribution >= 4 is 34.1 Å². The molecular weight excluding hydrogens is 472 g/mol. The van der Waals surface area contributed by atoms with Crippen LogP contribution in [0.1, 0.15) is 39.7 Å². The maximum absolute atomic E-state index is 13.2. The minimum atomic E-state index is -1.26. The average molecular weight is 507 g/mol. The first-order valence-corrected chi connectivity index (χ1v) is 12.2. The molecule has 0 amide bonds. The van der Waals surface area contributed by atoms with E-state index in [1.54, 1.807) is 34.8 Å². The number of methoxy groups -OCH3 is 1. The van der Waals surface area contributed by atoms with Crippen molar-refractivity contribution in [2.24, 2.45) is 10.8 Å². The molecule has 1 aromatic carbocycles. The van der Waals surface area contributed by atoms with E-state index in [2.05, 4.69) is 12.1 Å². The van der Waals surface area contributed by atoms with Gasteiger partial charge in [0.2, 0.25) is 0 Å². The number of esters is 1. The molecule has 2 atom stereocenters. The van der Waals surface area contributed by atoms with Crippen LogP contribution in [0.3, 0.4) is 0 Å². The number of benzene rings is 1. The number of nitrogens with zero attached hydrogens (tertiary/aromatic N) is 2. The Kier molecular flexibility index (Phi) is 12.7. The van der Waals surface area contributed by atoms with Gasteiger partial charge in [0.05, 0.1) is 60.2 Å². The second kappa shape index (κ2) is 14.4. The Bertz CT molecular complexity index is 882. The van der Waals surface area contributed by atoms with Gasteiger partial charge < -0.3 is 18.9 Å². The van der Waals surface area contributed by atoms with E-state index in [0.717, 1.165) is 5.56 Å². The summed E-state index contributed by atoms with van der Waals surface area (Å²) in [6, 6.07) is 13.9. The van der Waals surface area contributed by atoms with Crippen molar-refractivity contribution in [3.8, 4) is 12.1 Å². The lowest BCUT2D eigenvalue weighted by atomic mass is 9.63. The highest BCUT2D eigenvalue weighted by atomic mass is 32.2. The van der Waals surface area contributed by atoms with Gasteiger partial charge in [-0.05, 0) is 39.7 Å². The summed E-state index contributed by atoms with van der Waals surface area (Å²) < 4.78 is 20.6. The molecule has 0 spiro atoms. The molecule has 0 N–H and O–H groups in total. The van der Waals surface area contributed by atoms with Crippen LogP contribution in [-0.2, 0) is 23.7 Å². The lowest BCUT2D eigenvalue weighted by Gasteiger charge is -2.41. The molecule has 1 rings (SSSR count). The predicted octanol–water partition coefficient (Wildman–Crippen LogP) is 4.55. The van der Waals surface area contributed by atoms with E-state index >= 15 is 0 Å². The molecule has 9 heteroatoms. The van der Waals surface area contributed by atoms with Gasteiger partial charge in [-0.3, -0.25) is 4.79 Å². The molecule has 0 radical (unpaired) electrons. The van der Waals surface area contributed by atoms with E-state index in [1.165, 1.54) is 11.8 Å². The van der Waals surface area contributed by atoms with Crippen LogP contribution < -0.4 is 0 Å². The van der Waals surface area contributed by atoms with Gasteiger partial charge in [0, 0.05) is 7.11 Å². The number of hydrogen-bond acceptors (Lipinski definition) is 9. The molecule has 0 saturated carbocycles. The Morgan fingerprint density at radius 3 is 2.03 bits per heavy atom. The summed E-state index contributed by atoms with van der Waals surface area (Å²) in [6.07, 6.45) is 0.0850. The zero-order valence-corrected chi connectivity index (χ0v) is 22.2. The number of carbonyl (C=O) groups is 1. The molecule has 0 fully saturated rings. The van der Waals surface area contributed by atoms with Crippen LogP contribution in [0.5, 0.6) is 0 Å². The molecule has 2 unspecified atom stereocenters. The van der Waals surface area contributed by atoms with E-state index in [1.807, 2.05) is 30.3 Å². The monoisotopic (exact) mass is 506 g/mol. The molecule has 0 aliphatic rings. The molecule has 0 aromatic heterocycles. The number of ether oxygens (including phenoxy) is 4. The standard InChI is InChI=1S/C25H34N2O5S2/c1-23(2,18-26)25(4,22(28)32-16-15-31-14-13-30-12-11-29-5)17-24(3,19-27)34-21(33)20-9-7-6-8-10-20/h6-10H,11-17H2,1-5H3. The Morgan fingerprint density at radius 1 is 0.941 bits per heavy atom. The van der Waals surface area contributed by atoms with Crippen molar-refractivity contribution in [3.05, 3.63) is 35.9 Å². The van der Waals surface area contributed by atoms with Crippen LogP contribution in [0.15, 0.2) is 30.3 Å². The maximum Gasteiger partial charge on any atom is 0.313 e. The van der Waals surface area contributed by atoms with Gasteiger partial charge in [0.25, 0.3) is 0 Å². The van der Waals surface area contributed by atoms with Gasteiger partial charge >= 0.3 is 5.97 Å². The van der Waals surface area contributed by atoms with E-state index in [-0.39, 0.29) is 19.6 Å². The average Bonchev–Trinajstić information content (AvgIpc) is 2.83. The first kappa shape index (κ1) is 30.0. The zero-order chi connectivity index (χ0) is 25.7. The van der Waals surface area contributed by atoms with Crippen LogP contribution in [0.25, 0.3) is 0 Å². The van der Waals surface area contributed by atoms with Crippen molar-refractivity contribution in [1.82, 2.24) is 0 Å². The number of hydrogen-bond donors (Lipinski definition) is 0. The lowest BCUT2D eigenvalue weighted by molar-refractivity contribution is -0.162. The smallest absolute Gasteiger partial charge is 0.313 e. The predicted molar refractivity (Wildman–Crippen MR) is 136 cm³/mol. The van der Waals surface area contributed by atoms with Crippen LogP contribution >= 0.6 is 24.0 Å². The van der Waals surface area contributed by atoms with E-state index < -0.39 is 21.5 Å². The lowest BCUT2D eigenvalue weighted by Crippen LogP contribution is -2.47. The first-order valence-electron chi connectivity index (χ1n) is 11.0. The number of carbonyl (C=O) groups excluding carboxylic acids is 1. The van der Waals surface area contributed by atoms with Gasteiger partial charge in [-0.25, -0.2) is 0 Å². The van der Waals surface area contributed by atoms with E-state index in [4.69, 9.17) is 31.2 Å². The summed E-state index contributed by atoms with van der Waals surface area (Å²) in [5.41, 5.74) is -1.52. The molecule has 186 valence electrons. The molecule has 0 heterocycles. The molecule has 7 nitrogen and oxygen atoms in total. The van der Waals surface area contributed by atoms with Crippen molar-refractivity contribution in [2.75, 3.05) is 46.8 Å². The second-order valence-corrected chi connectivity index (χ2v) is 10.9. The molecule has 0 aliphatic heterocycles. The molecule has 0 saturated heterocycles. The van der Waals surface area contributed by atoms with Gasteiger partial charge in [-0.2, -0.15) is 10.5 Å². The fourth-order valence-electron chi connectivity index (χ4n) is 3.10. The topological polar surface area (TPSA) is 102 Å². The third kappa shape index (κ3) is 8.98. The van der Waals surface area contributed by atoms with Crippen molar-refractivity contribution in [1.29, 1.82) is 10.5 Å². The largest absolute Gasteiger partial charge is 0.463 e. The molecule has 0 aliphatic carbocycles. The SMILES string of the molecule is COCCOCCOCCOC(=O)C(C)(CC(C)(C#N)SC(=S)c1ccccc1)C(C)(C)C#N. The second-order valence-electron chi connectivity index (χ2n) is 8.70. The summed E-state index contributed by atoms with van der Waals surface area (Å²) in [5, 5.41) is 19.8. The summed E-state index contributed by atoms with van der Waals surface area (Å²) in [7, 11) is 1.60. The number of thioether (sulfide) groups is 1. The van der Waals surface area contributed by atoms with Crippen molar-refractivity contribution in [2.45, 2.75) is 38.9 Å². The van der Waals surface area contributed by atoms with E-state index in [0.29, 0.717) is 30.6 Å². The van der Waals surface area contributed by atoms with Crippen LogP contribution in [0.2, 0.25) is 0 Å². The fraction of sp³-hybridized carbons (Fsp3) is 0.600. The van der Waals surface area contributed by atoms with Gasteiger partial charge in [-0.15, -0.1) is 0 Å². The summed E-state index contributed by atoms with van der Waals surface area (Å²) in [6.45, 7) is 8.78. The van der Waals surface area contributed by atoms with Gasteiger partial charge in [-0.1, -0.05) is 54.3 Å². The minimum absolute atomic E-state index is 0.0346. The summed E-state index contributed by atoms with van der Waals surface area (Å²) >= 11 is 6.77. The quantitative estimate of drug-likeness (QED) is 0.193. The highest BCUT2D eigenvalue weighted by Gasteiger charge is 2.53.